The van der Waals surface area contributed by atoms with E-state index in [0.717, 1.165) is 47.5 Å². The SMILES string of the molecule is [N-]=[N+]=C1C=c2c3cccc-3cccc2=C1C(=O)NN1CCCCC1. The van der Waals surface area contributed by atoms with Crippen LogP contribution in [0.3, 0.4) is 0 Å². The molecule has 1 amide bonds. The van der Waals surface area contributed by atoms with Gasteiger partial charge in [0.1, 0.15) is 5.57 Å². The van der Waals surface area contributed by atoms with Crippen LogP contribution in [0.2, 0.25) is 0 Å². The Labute approximate surface area is 139 Å². The fraction of sp³-hybridized carbons (Fsp3) is 0.263. The van der Waals surface area contributed by atoms with Crippen LogP contribution in [0.4, 0.5) is 0 Å². The van der Waals surface area contributed by atoms with Crippen LogP contribution in [0.1, 0.15) is 19.3 Å². The Bertz CT molecular complexity index is 950. The molecule has 0 aromatic carbocycles. The van der Waals surface area contributed by atoms with Gasteiger partial charge < -0.3 is 5.53 Å². The number of carbonyl (C=O) groups is 1. The molecule has 0 radical (unpaired) electrons. The van der Waals surface area contributed by atoms with Gasteiger partial charge in [-0.1, -0.05) is 42.8 Å². The number of hydrogen-bond donors (Lipinski definition) is 1. The Morgan fingerprint density at radius 3 is 2.58 bits per heavy atom. The van der Waals surface area contributed by atoms with Crippen molar-refractivity contribution in [2.24, 2.45) is 0 Å². The Hall–Kier alpha value is -2.75. The Balaban J connectivity index is 1.83. The maximum Gasteiger partial charge on any atom is 0.329 e. The van der Waals surface area contributed by atoms with E-state index in [1.165, 1.54) is 6.42 Å². The molecular formula is C19H18N4O. The van der Waals surface area contributed by atoms with Crippen molar-refractivity contribution in [2.75, 3.05) is 13.1 Å². The first-order valence-electron chi connectivity index (χ1n) is 8.30. The van der Waals surface area contributed by atoms with Crippen LogP contribution in [-0.4, -0.2) is 34.5 Å². The zero-order valence-electron chi connectivity index (χ0n) is 13.3. The minimum Gasteiger partial charge on any atom is -0.361 e. The first kappa shape index (κ1) is 14.8. The third kappa shape index (κ3) is 2.44. The van der Waals surface area contributed by atoms with Crippen molar-refractivity contribution in [3.05, 3.63) is 52.4 Å². The van der Waals surface area contributed by atoms with E-state index in [0.29, 0.717) is 11.3 Å². The van der Waals surface area contributed by atoms with Crippen LogP contribution in [0.25, 0.3) is 28.3 Å². The zero-order valence-corrected chi connectivity index (χ0v) is 13.3. The van der Waals surface area contributed by atoms with Crippen molar-refractivity contribution in [3.8, 4) is 11.1 Å². The van der Waals surface area contributed by atoms with Crippen molar-refractivity contribution in [1.29, 1.82) is 0 Å². The molecular weight excluding hydrogens is 300 g/mol. The molecule has 0 aromatic rings. The predicted octanol–water partition coefficient (Wildman–Crippen LogP) is 0.924. The lowest BCUT2D eigenvalue weighted by atomic mass is 10.1. The monoisotopic (exact) mass is 318 g/mol. The first-order chi connectivity index (χ1) is 11.8. The van der Waals surface area contributed by atoms with Crippen LogP contribution >= 0.6 is 0 Å². The standard InChI is InChI=1S/C19H18N4O/c20-21-17-12-16-14-8-4-6-13(14)7-5-9-15(16)18(17)19(24)22-23-10-2-1-3-11-23/h4-9,12H,1-3,10-11H2,(H,22,24). The molecule has 1 N–H and O–H groups in total. The minimum atomic E-state index is -0.217. The summed E-state index contributed by atoms with van der Waals surface area (Å²) in [5, 5.41) is 3.68. The number of hydrazine groups is 1. The number of fused-ring (bicyclic) bond motifs is 3. The van der Waals surface area contributed by atoms with Crippen molar-refractivity contribution >= 4 is 23.3 Å². The van der Waals surface area contributed by atoms with Crippen molar-refractivity contribution in [3.63, 3.8) is 0 Å². The first-order valence-corrected chi connectivity index (χ1v) is 8.30. The lowest BCUT2D eigenvalue weighted by Crippen LogP contribution is -2.46. The fourth-order valence-corrected chi connectivity index (χ4v) is 3.55. The van der Waals surface area contributed by atoms with Crippen LogP contribution in [-0.2, 0) is 4.79 Å². The van der Waals surface area contributed by atoms with E-state index >= 15 is 0 Å². The van der Waals surface area contributed by atoms with Gasteiger partial charge >= 0.3 is 5.71 Å². The topological polar surface area (TPSA) is 68.7 Å². The summed E-state index contributed by atoms with van der Waals surface area (Å²) in [6.45, 7) is 1.72. The lowest BCUT2D eigenvalue weighted by molar-refractivity contribution is -0.120. The van der Waals surface area contributed by atoms with E-state index in [1.807, 2.05) is 41.4 Å². The summed E-state index contributed by atoms with van der Waals surface area (Å²) in [4.78, 5) is 16.2. The van der Waals surface area contributed by atoms with Gasteiger partial charge in [0.2, 0.25) is 0 Å². The maximum absolute atomic E-state index is 12.8. The molecule has 0 spiro atoms. The van der Waals surface area contributed by atoms with Gasteiger partial charge in [-0.2, -0.15) is 4.79 Å². The van der Waals surface area contributed by atoms with Gasteiger partial charge in [0.25, 0.3) is 5.91 Å². The van der Waals surface area contributed by atoms with E-state index in [4.69, 9.17) is 0 Å². The Morgan fingerprint density at radius 1 is 1.08 bits per heavy atom. The number of hydrogen-bond acceptors (Lipinski definition) is 2. The summed E-state index contributed by atoms with van der Waals surface area (Å²) in [6, 6.07) is 11.9. The van der Waals surface area contributed by atoms with Gasteiger partial charge in [0, 0.05) is 24.4 Å². The molecule has 0 bridgehead atoms. The van der Waals surface area contributed by atoms with E-state index in [9.17, 15) is 10.3 Å². The second-order valence-corrected chi connectivity index (χ2v) is 6.24. The van der Waals surface area contributed by atoms with Crippen LogP contribution in [0.15, 0.2) is 36.4 Å². The predicted molar refractivity (Wildman–Crippen MR) is 92.4 cm³/mol. The molecule has 0 unspecified atom stereocenters. The summed E-state index contributed by atoms with van der Waals surface area (Å²) in [6.07, 6.45) is 5.15. The average molecular weight is 318 g/mol. The zero-order chi connectivity index (χ0) is 16.5. The summed E-state index contributed by atoms with van der Waals surface area (Å²) >= 11 is 0. The minimum absolute atomic E-state index is 0.217. The molecule has 1 heterocycles. The average Bonchev–Trinajstić information content (AvgIpc) is 3.16. The molecule has 120 valence electrons. The maximum atomic E-state index is 12.8. The van der Waals surface area contributed by atoms with Gasteiger partial charge in [0.15, 0.2) is 0 Å². The smallest absolute Gasteiger partial charge is 0.329 e. The lowest BCUT2D eigenvalue weighted by Gasteiger charge is -2.26. The van der Waals surface area contributed by atoms with Gasteiger partial charge in [-0.25, -0.2) is 5.01 Å². The molecule has 5 heteroatoms. The van der Waals surface area contributed by atoms with Gasteiger partial charge in [0.05, 0.1) is 0 Å². The summed E-state index contributed by atoms with van der Waals surface area (Å²) in [7, 11) is 0. The third-order valence-electron chi connectivity index (χ3n) is 4.73. The summed E-state index contributed by atoms with van der Waals surface area (Å²) in [5.74, 6) is -0.217. The highest BCUT2D eigenvalue weighted by Crippen LogP contribution is 2.18. The van der Waals surface area contributed by atoms with Crippen molar-refractivity contribution in [1.82, 2.24) is 10.4 Å². The van der Waals surface area contributed by atoms with E-state index < -0.39 is 0 Å². The number of piperidine rings is 1. The van der Waals surface area contributed by atoms with E-state index in [-0.39, 0.29) is 5.91 Å². The second-order valence-electron chi connectivity index (χ2n) is 6.24. The number of carbonyl (C=O) groups excluding carboxylic acids is 1. The number of nitrogens with one attached hydrogen (secondary N) is 1. The van der Waals surface area contributed by atoms with Crippen molar-refractivity contribution < 1.29 is 9.58 Å². The quantitative estimate of drug-likeness (QED) is 0.661. The second kappa shape index (κ2) is 6.04. The van der Waals surface area contributed by atoms with Crippen molar-refractivity contribution in [2.45, 2.75) is 19.3 Å². The Morgan fingerprint density at radius 2 is 1.83 bits per heavy atom. The molecule has 4 rings (SSSR count). The van der Waals surface area contributed by atoms with Crippen LogP contribution < -0.4 is 15.9 Å². The van der Waals surface area contributed by atoms with Gasteiger partial charge in [-0.05, 0) is 29.2 Å². The van der Waals surface area contributed by atoms with Gasteiger partial charge in [-0.15, -0.1) is 0 Å². The molecule has 1 fully saturated rings. The summed E-state index contributed by atoms with van der Waals surface area (Å²) in [5.41, 5.74) is 15.2. The normalized spacial score (nSPS) is 17.3. The molecule has 3 aliphatic carbocycles. The molecule has 0 atom stereocenters. The highest BCUT2D eigenvalue weighted by Gasteiger charge is 2.29. The Kier molecular flexibility index (Phi) is 3.73. The van der Waals surface area contributed by atoms with Gasteiger partial charge in [-0.3, -0.25) is 10.2 Å². The molecule has 5 nitrogen and oxygen atoms in total. The number of nitrogens with zero attached hydrogens (tertiary/aromatic N) is 3. The molecule has 1 saturated heterocycles. The number of amides is 1. The fourth-order valence-electron chi connectivity index (χ4n) is 3.55. The molecule has 24 heavy (non-hydrogen) atoms. The molecule has 1 aliphatic heterocycles. The van der Waals surface area contributed by atoms with Crippen LogP contribution in [0, 0.1) is 0 Å². The molecule has 4 aliphatic rings. The third-order valence-corrected chi connectivity index (χ3v) is 4.73. The largest absolute Gasteiger partial charge is 0.361 e. The van der Waals surface area contributed by atoms with Crippen LogP contribution in [0.5, 0.6) is 0 Å². The summed E-state index contributed by atoms with van der Waals surface area (Å²) < 4.78 is 0. The molecule has 0 aromatic heterocycles. The van der Waals surface area contributed by atoms with E-state index in [2.05, 4.69) is 10.2 Å². The van der Waals surface area contributed by atoms with E-state index in [1.54, 1.807) is 6.08 Å². The highest BCUT2D eigenvalue weighted by molar-refractivity contribution is 6.50. The highest BCUT2D eigenvalue weighted by atomic mass is 16.2. The molecule has 0 saturated carbocycles. The number of rotatable bonds is 2.